The van der Waals surface area contributed by atoms with E-state index in [0.717, 1.165) is 24.6 Å². The average Bonchev–Trinajstić information content (AvgIpc) is 2.70. The molecule has 1 aliphatic heterocycles. The number of hydrogen-bond acceptors (Lipinski definition) is 5. The van der Waals surface area contributed by atoms with E-state index in [1.165, 1.54) is 23.1 Å². The first-order valence-electron chi connectivity index (χ1n) is 9.67. The molecule has 1 heterocycles. The van der Waals surface area contributed by atoms with E-state index in [4.69, 9.17) is 5.11 Å². The number of halogens is 3. The van der Waals surface area contributed by atoms with E-state index in [2.05, 4.69) is 10.6 Å². The molecule has 162 valence electrons. The van der Waals surface area contributed by atoms with Crippen LogP contribution in [0, 0.1) is 17.5 Å². The summed E-state index contributed by atoms with van der Waals surface area (Å²) >= 11 is 0. The van der Waals surface area contributed by atoms with Gasteiger partial charge in [-0.2, -0.15) is 0 Å². The number of unbranched alkanes of at least 4 members (excludes halogenated alkanes) is 1. The minimum absolute atomic E-state index is 0.0248. The molecule has 0 atom stereocenters. The van der Waals surface area contributed by atoms with Crippen molar-refractivity contribution in [2.45, 2.75) is 18.4 Å². The van der Waals surface area contributed by atoms with Crippen molar-refractivity contribution >= 4 is 17.3 Å². The van der Waals surface area contributed by atoms with Gasteiger partial charge in [0.15, 0.2) is 11.6 Å². The molecule has 0 saturated carbocycles. The number of carbonyl (C=O) groups is 1. The average molecular weight is 423 g/mol. The standard InChI is InChI=1S/C21H24F3N3O3/c22-15-5-1-2-6-17(15)26-19-14(7-8-16(23)18(19)24)20(29)27-12-21(30,13-27)11-25-9-3-4-10-28/h1-2,5-8,25-26,28,30H,3-4,9-13H2. The lowest BCUT2D eigenvalue weighted by atomic mass is 9.92. The number of hydrogen-bond donors (Lipinski definition) is 4. The molecule has 1 fully saturated rings. The van der Waals surface area contributed by atoms with Crippen LogP contribution < -0.4 is 10.6 Å². The van der Waals surface area contributed by atoms with Gasteiger partial charge in [-0.05, 0) is 43.7 Å². The molecule has 2 aromatic carbocycles. The van der Waals surface area contributed by atoms with Crippen LogP contribution >= 0.6 is 0 Å². The number of carbonyl (C=O) groups excluding carboxylic acids is 1. The summed E-state index contributed by atoms with van der Waals surface area (Å²) < 4.78 is 42.2. The van der Waals surface area contributed by atoms with Gasteiger partial charge in [0.1, 0.15) is 11.4 Å². The maximum atomic E-state index is 14.4. The largest absolute Gasteiger partial charge is 0.396 e. The van der Waals surface area contributed by atoms with Gasteiger partial charge in [-0.15, -0.1) is 0 Å². The number of nitrogens with zero attached hydrogens (tertiary/aromatic N) is 1. The van der Waals surface area contributed by atoms with Gasteiger partial charge in [-0.1, -0.05) is 12.1 Å². The third kappa shape index (κ3) is 4.92. The lowest BCUT2D eigenvalue weighted by molar-refractivity contribution is -0.0784. The Morgan fingerprint density at radius 1 is 1.07 bits per heavy atom. The highest BCUT2D eigenvalue weighted by Crippen LogP contribution is 2.31. The molecule has 0 unspecified atom stereocenters. The van der Waals surface area contributed by atoms with Gasteiger partial charge in [-0.25, -0.2) is 13.2 Å². The predicted molar refractivity (Wildman–Crippen MR) is 106 cm³/mol. The summed E-state index contributed by atoms with van der Waals surface area (Å²) in [6.07, 6.45) is 1.42. The molecule has 0 spiro atoms. The van der Waals surface area contributed by atoms with E-state index in [1.807, 2.05) is 0 Å². The number of rotatable bonds is 9. The Labute approximate surface area is 172 Å². The highest BCUT2D eigenvalue weighted by molar-refractivity contribution is 6.01. The second-order valence-corrected chi connectivity index (χ2v) is 7.38. The molecule has 0 bridgehead atoms. The van der Waals surface area contributed by atoms with Gasteiger partial charge in [-0.3, -0.25) is 4.79 Å². The first kappa shape index (κ1) is 22.1. The van der Waals surface area contributed by atoms with Crippen molar-refractivity contribution in [3.8, 4) is 0 Å². The van der Waals surface area contributed by atoms with E-state index in [-0.39, 0.29) is 37.5 Å². The second kappa shape index (κ2) is 9.46. The summed E-state index contributed by atoms with van der Waals surface area (Å²) in [5, 5.41) is 24.8. The molecule has 0 aromatic heterocycles. The third-order valence-electron chi connectivity index (χ3n) is 4.93. The zero-order chi connectivity index (χ0) is 21.7. The molecule has 4 N–H and O–H groups in total. The zero-order valence-electron chi connectivity index (χ0n) is 16.3. The number of benzene rings is 2. The summed E-state index contributed by atoms with van der Waals surface area (Å²) in [7, 11) is 0. The van der Waals surface area contributed by atoms with Crippen molar-refractivity contribution in [2.75, 3.05) is 38.1 Å². The van der Waals surface area contributed by atoms with Gasteiger partial charge in [0, 0.05) is 13.2 Å². The van der Waals surface area contributed by atoms with E-state index in [1.54, 1.807) is 0 Å². The molecule has 30 heavy (non-hydrogen) atoms. The molecule has 0 aliphatic carbocycles. The van der Waals surface area contributed by atoms with Crippen molar-refractivity contribution in [1.82, 2.24) is 10.2 Å². The first-order chi connectivity index (χ1) is 14.3. The van der Waals surface area contributed by atoms with Crippen LogP contribution in [0.15, 0.2) is 36.4 Å². The Kier molecular flexibility index (Phi) is 6.96. The SMILES string of the molecule is O=C(c1ccc(F)c(F)c1Nc1ccccc1F)N1CC(O)(CNCCCCO)C1. The van der Waals surface area contributed by atoms with Crippen LogP contribution in [0.1, 0.15) is 23.2 Å². The molecule has 1 amide bonds. The topological polar surface area (TPSA) is 84.8 Å². The number of anilines is 2. The molecule has 2 aromatic rings. The maximum Gasteiger partial charge on any atom is 0.256 e. The smallest absolute Gasteiger partial charge is 0.256 e. The lowest BCUT2D eigenvalue weighted by Gasteiger charge is -2.46. The Morgan fingerprint density at radius 3 is 2.50 bits per heavy atom. The normalized spacial score (nSPS) is 15.0. The molecule has 9 heteroatoms. The van der Waals surface area contributed by atoms with E-state index >= 15 is 0 Å². The van der Waals surface area contributed by atoms with Crippen LogP contribution in [0.4, 0.5) is 24.5 Å². The molecule has 1 saturated heterocycles. The van der Waals surface area contributed by atoms with Crippen molar-refractivity contribution in [2.24, 2.45) is 0 Å². The third-order valence-corrected chi connectivity index (χ3v) is 4.93. The number of amides is 1. The summed E-state index contributed by atoms with van der Waals surface area (Å²) in [4.78, 5) is 14.1. The fraction of sp³-hybridized carbons (Fsp3) is 0.381. The highest BCUT2D eigenvalue weighted by atomic mass is 19.2. The van der Waals surface area contributed by atoms with Crippen LogP contribution in [0.25, 0.3) is 0 Å². The minimum atomic E-state index is -1.29. The van der Waals surface area contributed by atoms with Gasteiger partial charge in [0.25, 0.3) is 5.91 Å². The second-order valence-electron chi connectivity index (χ2n) is 7.38. The molecule has 6 nitrogen and oxygen atoms in total. The molecule has 3 rings (SSSR count). The fourth-order valence-electron chi connectivity index (χ4n) is 3.32. The quantitative estimate of drug-likeness (QED) is 0.466. The minimum Gasteiger partial charge on any atom is -0.396 e. The maximum absolute atomic E-state index is 14.4. The van der Waals surface area contributed by atoms with Crippen molar-refractivity contribution in [3.63, 3.8) is 0 Å². The predicted octanol–water partition coefficient (Wildman–Crippen LogP) is 2.40. The van der Waals surface area contributed by atoms with Crippen molar-refractivity contribution < 1.29 is 28.2 Å². The monoisotopic (exact) mass is 423 g/mol. The Balaban J connectivity index is 1.70. The number of aliphatic hydroxyl groups excluding tert-OH is 1. The Morgan fingerprint density at radius 2 is 1.80 bits per heavy atom. The number of β-amino-alcohol motifs (C(OH)–C–C–N with tert-alkyl or cyclic N) is 1. The summed E-state index contributed by atoms with van der Waals surface area (Å²) in [6.45, 7) is 1.04. The lowest BCUT2D eigenvalue weighted by Crippen LogP contribution is -2.67. The Bertz CT molecular complexity index is 904. The van der Waals surface area contributed by atoms with Gasteiger partial charge in [0.05, 0.1) is 30.0 Å². The van der Waals surface area contributed by atoms with E-state index < -0.39 is 34.6 Å². The van der Waals surface area contributed by atoms with E-state index in [0.29, 0.717) is 13.0 Å². The number of likely N-dealkylation sites (tertiary alicyclic amines) is 1. The highest BCUT2D eigenvalue weighted by Gasteiger charge is 2.44. The number of nitrogens with one attached hydrogen (secondary N) is 2. The zero-order valence-corrected chi connectivity index (χ0v) is 16.3. The van der Waals surface area contributed by atoms with Gasteiger partial charge >= 0.3 is 0 Å². The van der Waals surface area contributed by atoms with Crippen LogP contribution in [0.3, 0.4) is 0 Å². The van der Waals surface area contributed by atoms with Crippen LogP contribution in [0.2, 0.25) is 0 Å². The summed E-state index contributed by atoms with van der Waals surface area (Å²) in [6, 6.07) is 7.45. The molecule has 1 aliphatic rings. The Hall–Kier alpha value is -2.62. The summed E-state index contributed by atoms with van der Waals surface area (Å²) in [5.74, 6) is -3.73. The van der Waals surface area contributed by atoms with Gasteiger partial charge in [0.2, 0.25) is 0 Å². The summed E-state index contributed by atoms with van der Waals surface area (Å²) in [5.41, 5.74) is -1.83. The number of para-hydroxylation sites is 1. The molecular formula is C21H24F3N3O3. The van der Waals surface area contributed by atoms with Crippen molar-refractivity contribution in [3.05, 3.63) is 59.4 Å². The molecule has 0 radical (unpaired) electrons. The van der Waals surface area contributed by atoms with Crippen LogP contribution in [-0.2, 0) is 0 Å². The molecular weight excluding hydrogens is 399 g/mol. The fourth-order valence-corrected chi connectivity index (χ4v) is 3.32. The van der Waals surface area contributed by atoms with Crippen molar-refractivity contribution in [1.29, 1.82) is 0 Å². The van der Waals surface area contributed by atoms with Crippen LogP contribution in [-0.4, -0.2) is 59.4 Å². The first-order valence-corrected chi connectivity index (χ1v) is 9.67. The van der Waals surface area contributed by atoms with Crippen LogP contribution in [0.5, 0.6) is 0 Å². The van der Waals surface area contributed by atoms with Gasteiger partial charge < -0.3 is 25.7 Å². The number of aliphatic hydroxyl groups is 2. The van der Waals surface area contributed by atoms with E-state index in [9.17, 15) is 23.1 Å².